The molecule has 3 N–H and O–H groups in total. The fraction of sp³-hybridized carbons (Fsp3) is 0.625. The van der Waals surface area contributed by atoms with Crippen molar-refractivity contribution in [3.8, 4) is 0 Å². The van der Waals surface area contributed by atoms with Gasteiger partial charge in [-0.25, -0.2) is 9.59 Å². The second kappa shape index (κ2) is 14.0. The van der Waals surface area contributed by atoms with Gasteiger partial charge in [-0.3, -0.25) is 4.79 Å². The van der Waals surface area contributed by atoms with Crippen molar-refractivity contribution in [2.24, 2.45) is 11.8 Å². The minimum atomic E-state index is -5.08. The van der Waals surface area contributed by atoms with E-state index in [-0.39, 0.29) is 17.9 Å². The number of carbonyl (C=O) groups is 3. The number of benzene rings is 1. The maximum Gasteiger partial charge on any atom is 0.490 e. The molecule has 35 heavy (non-hydrogen) atoms. The zero-order chi connectivity index (χ0) is 25.8. The zero-order valence-corrected chi connectivity index (χ0v) is 19.7. The molecule has 3 rings (SSSR count). The largest absolute Gasteiger partial charge is 0.490 e. The number of halogens is 3. The molecule has 0 unspecified atom stereocenters. The minimum absolute atomic E-state index is 0.0305. The van der Waals surface area contributed by atoms with Crippen LogP contribution in [0.4, 0.5) is 18.9 Å². The summed E-state index contributed by atoms with van der Waals surface area (Å²) in [5, 5.41) is 13.5. The summed E-state index contributed by atoms with van der Waals surface area (Å²) in [4.78, 5) is 33.7. The Bertz CT molecular complexity index is 826. The summed E-state index contributed by atoms with van der Waals surface area (Å²) in [6, 6.07) is 6.78. The lowest BCUT2D eigenvalue weighted by molar-refractivity contribution is -0.192. The number of hydrogen-bond donors (Lipinski definition) is 3. The SMILES string of the molecule is COCCCOC(=O)c1ccc(NC(=O)[C@H]2NCC[C@H]2C2CCCCC2)cc1.O=C(O)C(F)(F)F. The highest BCUT2D eigenvalue weighted by Crippen LogP contribution is 2.36. The van der Waals surface area contributed by atoms with Gasteiger partial charge in [-0.05, 0) is 49.1 Å². The van der Waals surface area contributed by atoms with Gasteiger partial charge in [-0.1, -0.05) is 32.1 Å². The Labute approximate surface area is 202 Å². The van der Waals surface area contributed by atoms with Gasteiger partial charge in [0.2, 0.25) is 5.91 Å². The molecule has 1 heterocycles. The number of rotatable bonds is 8. The third kappa shape index (κ3) is 9.48. The highest BCUT2D eigenvalue weighted by Gasteiger charge is 2.39. The molecule has 8 nitrogen and oxygen atoms in total. The Hall–Kier alpha value is -2.66. The molecule has 1 aromatic rings. The second-order valence-electron chi connectivity index (χ2n) is 8.63. The summed E-state index contributed by atoms with van der Waals surface area (Å²) in [7, 11) is 1.62. The van der Waals surface area contributed by atoms with Crippen molar-refractivity contribution in [1.29, 1.82) is 0 Å². The fourth-order valence-electron chi connectivity index (χ4n) is 4.44. The first-order chi connectivity index (χ1) is 16.6. The monoisotopic (exact) mass is 502 g/mol. The first-order valence-corrected chi connectivity index (χ1v) is 11.7. The van der Waals surface area contributed by atoms with Crippen molar-refractivity contribution >= 4 is 23.5 Å². The number of carbonyl (C=O) groups excluding carboxylic acids is 2. The molecule has 1 amide bonds. The van der Waals surface area contributed by atoms with E-state index < -0.39 is 12.1 Å². The van der Waals surface area contributed by atoms with Crippen LogP contribution < -0.4 is 10.6 Å². The van der Waals surface area contributed by atoms with Crippen LogP contribution in [0.1, 0.15) is 55.3 Å². The van der Waals surface area contributed by atoms with Crippen molar-refractivity contribution < 1.29 is 42.1 Å². The van der Waals surface area contributed by atoms with Crippen molar-refractivity contribution in [2.45, 2.75) is 57.2 Å². The maximum atomic E-state index is 12.8. The van der Waals surface area contributed by atoms with Crippen LogP contribution in [-0.4, -0.2) is 62.0 Å². The lowest BCUT2D eigenvalue weighted by atomic mass is 9.76. The predicted octanol–water partition coefficient (Wildman–Crippen LogP) is 4.01. The Morgan fingerprint density at radius 3 is 2.26 bits per heavy atom. The van der Waals surface area contributed by atoms with Crippen molar-refractivity contribution in [3.63, 3.8) is 0 Å². The van der Waals surface area contributed by atoms with Crippen LogP contribution in [0.3, 0.4) is 0 Å². The van der Waals surface area contributed by atoms with Crippen LogP contribution in [0.25, 0.3) is 0 Å². The van der Waals surface area contributed by atoms with Crippen LogP contribution >= 0.6 is 0 Å². The first kappa shape index (κ1) is 28.6. The molecule has 2 aliphatic rings. The van der Waals surface area contributed by atoms with E-state index in [1.165, 1.54) is 32.1 Å². The fourth-order valence-corrected chi connectivity index (χ4v) is 4.44. The molecule has 2 fully saturated rings. The van der Waals surface area contributed by atoms with Crippen LogP contribution in [0.2, 0.25) is 0 Å². The molecular formula is C24H33F3N2O6. The normalized spacial score (nSPS) is 20.5. The van der Waals surface area contributed by atoms with Crippen LogP contribution in [0.5, 0.6) is 0 Å². The van der Waals surface area contributed by atoms with Gasteiger partial charge in [-0.2, -0.15) is 13.2 Å². The average Bonchev–Trinajstić information content (AvgIpc) is 3.33. The molecule has 11 heteroatoms. The number of methoxy groups -OCH3 is 1. The highest BCUT2D eigenvalue weighted by molar-refractivity contribution is 5.96. The molecule has 0 radical (unpaired) electrons. The maximum absolute atomic E-state index is 12.8. The standard InChI is InChI=1S/C22H32N2O4.C2HF3O2/c1-27-14-5-15-28-22(26)17-8-10-18(11-9-17)24-21(25)20-19(12-13-23-20)16-6-3-2-4-7-16;3-2(4,5)1(6)7/h8-11,16,19-20,23H,2-7,12-15H2,1H3,(H,24,25);(H,6,7)/t19-,20-;/m0./s1. The van der Waals surface area contributed by atoms with Gasteiger partial charge in [-0.15, -0.1) is 0 Å². The third-order valence-corrected chi connectivity index (χ3v) is 6.16. The van der Waals surface area contributed by atoms with Gasteiger partial charge in [0.1, 0.15) is 0 Å². The molecule has 2 atom stereocenters. The van der Waals surface area contributed by atoms with E-state index in [0.717, 1.165) is 13.0 Å². The molecule has 0 spiro atoms. The summed E-state index contributed by atoms with van der Waals surface area (Å²) in [5.41, 5.74) is 1.19. The van der Waals surface area contributed by atoms with Crippen LogP contribution in [-0.2, 0) is 19.1 Å². The van der Waals surface area contributed by atoms with Crippen LogP contribution in [0.15, 0.2) is 24.3 Å². The number of nitrogens with one attached hydrogen (secondary N) is 2. The molecule has 0 bridgehead atoms. The molecular weight excluding hydrogens is 469 g/mol. The molecule has 196 valence electrons. The Morgan fingerprint density at radius 2 is 1.69 bits per heavy atom. The number of carboxylic acids is 1. The zero-order valence-electron chi connectivity index (χ0n) is 19.7. The topological polar surface area (TPSA) is 114 Å². The van der Waals surface area contributed by atoms with Crippen molar-refractivity contribution in [3.05, 3.63) is 29.8 Å². The van der Waals surface area contributed by atoms with E-state index in [0.29, 0.717) is 42.7 Å². The minimum Gasteiger partial charge on any atom is -0.475 e. The number of esters is 1. The summed E-state index contributed by atoms with van der Waals surface area (Å²) < 4.78 is 41.9. The highest BCUT2D eigenvalue weighted by atomic mass is 19.4. The molecule has 1 aromatic carbocycles. The number of anilines is 1. The second-order valence-corrected chi connectivity index (χ2v) is 8.63. The quantitative estimate of drug-likeness (QED) is 0.364. The van der Waals surface area contributed by atoms with Crippen LogP contribution in [0, 0.1) is 11.8 Å². The summed E-state index contributed by atoms with van der Waals surface area (Å²) in [6.07, 6.45) is 3.07. The van der Waals surface area contributed by atoms with Gasteiger partial charge >= 0.3 is 18.1 Å². The molecule has 0 aromatic heterocycles. The van der Waals surface area contributed by atoms with E-state index in [1.54, 1.807) is 31.4 Å². The van der Waals surface area contributed by atoms with Crippen molar-refractivity contribution in [2.75, 3.05) is 32.2 Å². The Morgan fingerprint density at radius 1 is 1.06 bits per heavy atom. The first-order valence-electron chi connectivity index (χ1n) is 11.7. The van der Waals surface area contributed by atoms with E-state index >= 15 is 0 Å². The Kier molecular flexibility index (Phi) is 11.5. The lowest BCUT2D eigenvalue weighted by Crippen LogP contribution is -2.42. The molecule has 1 saturated heterocycles. The lowest BCUT2D eigenvalue weighted by Gasteiger charge is -2.30. The Balaban J connectivity index is 0.000000540. The molecule has 1 saturated carbocycles. The van der Waals surface area contributed by atoms with E-state index in [2.05, 4.69) is 10.6 Å². The average molecular weight is 503 g/mol. The summed E-state index contributed by atoms with van der Waals surface area (Å²) >= 11 is 0. The van der Waals surface area contributed by atoms with E-state index in [9.17, 15) is 22.8 Å². The number of amides is 1. The number of ether oxygens (including phenoxy) is 2. The van der Waals surface area contributed by atoms with Gasteiger partial charge in [0, 0.05) is 25.8 Å². The van der Waals surface area contributed by atoms with Gasteiger partial charge in [0.05, 0.1) is 18.2 Å². The summed E-state index contributed by atoms with van der Waals surface area (Å²) in [6.45, 7) is 1.81. The number of alkyl halides is 3. The predicted molar refractivity (Wildman–Crippen MR) is 122 cm³/mol. The molecule has 1 aliphatic heterocycles. The summed E-state index contributed by atoms with van der Waals surface area (Å²) in [5.74, 6) is -1.99. The number of hydrogen-bond acceptors (Lipinski definition) is 6. The van der Waals surface area contributed by atoms with Gasteiger partial charge in [0.25, 0.3) is 0 Å². The molecule has 1 aliphatic carbocycles. The smallest absolute Gasteiger partial charge is 0.475 e. The van der Waals surface area contributed by atoms with E-state index in [1.807, 2.05) is 0 Å². The van der Waals surface area contributed by atoms with Crippen molar-refractivity contribution in [1.82, 2.24) is 5.32 Å². The third-order valence-electron chi connectivity index (χ3n) is 6.16. The van der Waals surface area contributed by atoms with Gasteiger partial charge in [0.15, 0.2) is 0 Å². The number of aliphatic carboxylic acids is 1. The van der Waals surface area contributed by atoms with Gasteiger partial charge < -0.3 is 25.2 Å². The van der Waals surface area contributed by atoms with E-state index in [4.69, 9.17) is 19.4 Å². The number of carboxylic acid groups (broad SMARTS) is 1.